The summed E-state index contributed by atoms with van der Waals surface area (Å²) in [5.74, 6) is 0.527. The van der Waals surface area contributed by atoms with Crippen LogP contribution in [-0.4, -0.2) is 31.0 Å². The highest BCUT2D eigenvalue weighted by atomic mass is 32.1. The molecule has 0 radical (unpaired) electrons. The first-order chi connectivity index (χ1) is 11.6. The van der Waals surface area contributed by atoms with E-state index in [2.05, 4.69) is 11.4 Å². The zero-order valence-electron chi connectivity index (χ0n) is 13.5. The van der Waals surface area contributed by atoms with Crippen molar-refractivity contribution in [2.75, 3.05) is 18.0 Å². The number of nitrogens with zero attached hydrogens (tertiary/aromatic N) is 1. The first kappa shape index (κ1) is 16.5. The molecule has 1 atom stereocenters. The minimum atomic E-state index is -0.526. The molecule has 1 aromatic heterocycles. The summed E-state index contributed by atoms with van der Waals surface area (Å²) in [5.41, 5.74) is 0.729. The molecule has 3 rings (SSSR count). The highest BCUT2D eigenvalue weighted by Gasteiger charge is 2.31. The fourth-order valence-corrected chi connectivity index (χ4v) is 3.38. The molecule has 0 saturated heterocycles. The van der Waals surface area contributed by atoms with E-state index in [4.69, 9.17) is 4.74 Å². The molecule has 2 aromatic rings. The lowest BCUT2D eigenvalue weighted by Gasteiger charge is -2.32. The van der Waals surface area contributed by atoms with Crippen molar-refractivity contribution in [1.82, 2.24) is 5.32 Å². The Morgan fingerprint density at radius 2 is 2.12 bits per heavy atom. The Hall–Kier alpha value is -2.34. The van der Waals surface area contributed by atoms with E-state index in [0.717, 1.165) is 12.1 Å². The second-order valence-electron chi connectivity index (χ2n) is 5.65. The van der Waals surface area contributed by atoms with E-state index in [0.29, 0.717) is 18.8 Å². The van der Waals surface area contributed by atoms with Gasteiger partial charge in [0.1, 0.15) is 5.75 Å². The maximum atomic E-state index is 12.3. The molecule has 2 heterocycles. The molecule has 0 saturated carbocycles. The molecule has 1 aliphatic heterocycles. The van der Waals surface area contributed by atoms with Crippen molar-refractivity contribution < 1.29 is 14.3 Å². The van der Waals surface area contributed by atoms with Gasteiger partial charge in [0.15, 0.2) is 6.10 Å². The average molecular weight is 344 g/mol. The molecule has 0 spiro atoms. The Balaban J connectivity index is 1.53. The van der Waals surface area contributed by atoms with Crippen LogP contribution in [0, 0.1) is 0 Å². The standard InChI is InChI=1S/C18H20N2O3S/c1-13-18(22)20(15-6-2-3-7-16(15)23-13)11-9-17(21)19-10-8-14-5-4-12-24-14/h2-7,12-13H,8-11H2,1H3,(H,19,21)/t13-/m0/s1. The summed E-state index contributed by atoms with van der Waals surface area (Å²) in [7, 11) is 0. The van der Waals surface area contributed by atoms with Crippen molar-refractivity contribution >= 4 is 28.8 Å². The molecule has 1 aromatic carbocycles. The van der Waals surface area contributed by atoms with Crippen molar-refractivity contribution in [2.24, 2.45) is 0 Å². The van der Waals surface area contributed by atoms with Crippen molar-refractivity contribution in [1.29, 1.82) is 0 Å². The molecule has 126 valence electrons. The summed E-state index contributed by atoms with van der Waals surface area (Å²) in [6.07, 6.45) is 0.582. The largest absolute Gasteiger partial charge is 0.479 e. The molecule has 6 heteroatoms. The third kappa shape index (κ3) is 3.76. The van der Waals surface area contributed by atoms with Gasteiger partial charge in [-0.1, -0.05) is 18.2 Å². The number of ether oxygens (including phenoxy) is 1. The lowest BCUT2D eigenvalue weighted by molar-refractivity contribution is -0.125. The third-order valence-electron chi connectivity index (χ3n) is 3.91. The van der Waals surface area contributed by atoms with Crippen LogP contribution >= 0.6 is 11.3 Å². The Morgan fingerprint density at radius 1 is 1.29 bits per heavy atom. The summed E-state index contributed by atoms with van der Waals surface area (Å²) in [6.45, 7) is 2.70. The van der Waals surface area contributed by atoms with E-state index in [1.165, 1.54) is 4.88 Å². The molecule has 1 N–H and O–H groups in total. The molecular weight excluding hydrogens is 324 g/mol. The smallest absolute Gasteiger partial charge is 0.267 e. The van der Waals surface area contributed by atoms with Gasteiger partial charge in [-0.25, -0.2) is 0 Å². The molecule has 0 bridgehead atoms. The summed E-state index contributed by atoms with van der Waals surface area (Å²) < 4.78 is 5.60. The third-order valence-corrected chi connectivity index (χ3v) is 4.85. The number of thiophene rings is 1. The van der Waals surface area contributed by atoms with Crippen molar-refractivity contribution in [3.63, 3.8) is 0 Å². The van der Waals surface area contributed by atoms with Crippen LogP contribution in [0.5, 0.6) is 5.75 Å². The second kappa shape index (κ2) is 7.49. The summed E-state index contributed by atoms with van der Waals surface area (Å²) in [4.78, 5) is 27.3. The molecule has 0 unspecified atom stereocenters. The number of anilines is 1. The van der Waals surface area contributed by atoms with Crippen LogP contribution in [0.4, 0.5) is 5.69 Å². The monoisotopic (exact) mass is 344 g/mol. The van der Waals surface area contributed by atoms with Crippen LogP contribution in [0.1, 0.15) is 18.2 Å². The molecule has 24 heavy (non-hydrogen) atoms. The van der Waals surface area contributed by atoms with Crippen molar-refractivity contribution in [3.05, 3.63) is 46.7 Å². The van der Waals surface area contributed by atoms with E-state index in [1.807, 2.05) is 35.7 Å². The Morgan fingerprint density at radius 3 is 2.92 bits per heavy atom. The fraction of sp³-hybridized carbons (Fsp3) is 0.333. The van der Waals surface area contributed by atoms with Gasteiger partial charge in [-0.3, -0.25) is 9.59 Å². The van der Waals surface area contributed by atoms with E-state index >= 15 is 0 Å². The van der Waals surface area contributed by atoms with Crippen LogP contribution in [0.2, 0.25) is 0 Å². The number of carbonyl (C=O) groups is 2. The predicted octanol–water partition coefficient (Wildman–Crippen LogP) is 2.61. The number of rotatable bonds is 6. The van der Waals surface area contributed by atoms with Crippen LogP contribution in [0.25, 0.3) is 0 Å². The quantitative estimate of drug-likeness (QED) is 0.876. The minimum Gasteiger partial charge on any atom is -0.479 e. The number of carbonyl (C=O) groups excluding carboxylic acids is 2. The van der Waals surface area contributed by atoms with E-state index in [-0.39, 0.29) is 18.2 Å². The first-order valence-electron chi connectivity index (χ1n) is 8.01. The maximum Gasteiger partial charge on any atom is 0.267 e. The average Bonchev–Trinajstić information content (AvgIpc) is 3.09. The van der Waals surface area contributed by atoms with Crippen LogP contribution < -0.4 is 15.0 Å². The van der Waals surface area contributed by atoms with Gasteiger partial charge in [0.05, 0.1) is 5.69 Å². The Kier molecular flexibility index (Phi) is 5.15. The zero-order valence-corrected chi connectivity index (χ0v) is 14.3. The van der Waals surface area contributed by atoms with Crippen LogP contribution in [0.3, 0.4) is 0 Å². The molecule has 0 fully saturated rings. The van der Waals surface area contributed by atoms with Crippen LogP contribution in [0.15, 0.2) is 41.8 Å². The van der Waals surface area contributed by atoms with Gasteiger partial charge in [0.2, 0.25) is 5.91 Å². The molecular formula is C18H20N2O3S. The lowest BCUT2D eigenvalue weighted by Crippen LogP contribution is -2.45. The minimum absolute atomic E-state index is 0.0454. The number of benzene rings is 1. The highest BCUT2D eigenvalue weighted by molar-refractivity contribution is 7.09. The topological polar surface area (TPSA) is 58.6 Å². The van der Waals surface area contributed by atoms with Crippen molar-refractivity contribution in [2.45, 2.75) is 25.9 Å². The number of nitrogens with one attached hydrogen (secondary N) is 1. The van der Waals surface area contributed by atoms with E-state index < -0.39 is 6.10 Å². The van der Waals surface area contributed by atoms with Gasteiger partial charge in [-0.15, -0.1) is 11.3 Å². The summed E-state index contributed by atoms with van der Waals surface area (Å²) >= 11 is 1.69. The number of amides is 2. The van der Waals surface area contributed by atoms with Crippen molar-refractivity contribution in [3.8, 4) is 5.75 Å². The Bertz CT molecular complexity index is 715. The highest BCUT2D eigenvalue weighted by Crippen LogP contribution is 2.33. The number of para-hydroxylation sites is 2. The first-order valence-corrected chi connectivity index (χ1v) is 8.89. The summed E-state index contributed by atoms with van der Waals surface area (Å²) in [5, 5.41) is 4.94. The molecule has 5 nitrogen and oxygen atoms in total. The van der Waals surface area contributed by atoms with Gasteiger partial charge in [0.25, 0.3) is 5.91 Å². The van der Waals surface area contributed by atoms with E-state index in [9.17, 15) is 9.59 Å². The zero-order chi connectivity index (χ0) is 16.9. The van der Waals surface area contributed by atoms with E-state index in [1.54, 1.807) is 23.2 Å². The van der Waals surface area contributed by atoms with Gasteiger partial charge >= 0.3 is 0 Å². The summed E-state index contributed by atoms with van der Waals surface area (Å²) in [6, 6.07) is 11.5. The van der Waals surface area contributed by atoms with Gasteiger partial charge in [0, 0.05) is 24.4 Å². The second-order valence-corrected chi connectivity index (χ2v) is 6.68. The normalized spacial score (nSPS) is 16.5. The molecule has 0 aliphatic carbocycles. The molecule has 2 amide bonds. The van der Waals surface area contributed by atoms with Gasteiger partial charge < -0.3 is 15.0 Å². The Labute approximate surface area is 145 Å². The number of fused-ring (bicyclic) bond motifs is 1. The fourth-order valence-electron chi connectivity index (χ4n) is 2.67. The number of hydrogen-bond donors (Lipinski definition) is 1. The maximum absolute atomic E-state index is 12.3. The SMILES string of the molecule is C[C@@H]1Oc2ccccc2N(CCC(=O)NCCc2cccs2)C1=O. The lowest BCUT2D eigenvalue weighted by atomic mass is 10.1. The molecule has 1 aliphatic rings. The van der Waals surface area contributed by atoms with Crippen LogP contribution in [-0.2, 0) is 16.0 Å². The van der Waals surface area contributed by atoms with Gasteiger partial charge in [-0.05, 0) is 36.9 Å². The predicted molar refractivity (Wildman–Crippen MR) is 94.5 cm³/mol. The van der Waals surface area contributed by atoms with Gasteiger partial charge in [-0.2, -0.15) is 0 Å². The number of hydrogen-bond acceptors (Lipinski definition) is 4.